The molecule has 0 bridgehead atoms. The second-order valence-electron chi connectivity index (χ2n) is 3.62. The molecule has 6 nitrogen and oxygen atoms in total. The highest BCUT2D eigenvalue weighted by Gasteiger charge is 2.12. The third kappa shape index (κ3) is 3.09. The molecule has 1 aromatic heterocycles. The molecule has 0 aliphatic heterocycles. The van der Waals surface area contributed by atoms with Gasteiger partial charge in [-0.05, 0) is 19.1 Å². The number of aromatic nitrogens is 2. The van der Waals surface area contributed by atoms with Crippen LogP contribution in [0.5, 0.6) is 11.8 Å². The maximum atomic E-state index is 11.2. The predicted octanol–water partition coefficient (Wildman–Crippen LogP) is 1.58. The molecule has 0 unspecified atom stereocenters. The van der Waals surface area contributed by atoms with E-state index in [1.807, 2.05) is 18.2 Å². The Kier molecular flexibility index (Phi) is 4.12. The first-order valence-electron chi connectivity index (χ1n) is 5.83. The van der Waals surface area contributed by atoms with Gasteiger partial charge < -0.3 is 14.2 Å². The predicted molar refractivity (Wildman–Crippen MR) is 68.2 cm³/mol. The van der Waals surface area contributed by atoms with Crippen molar-refractivity contribution >= 4 is 17.0 Å². The van der Waals surface area contributed by atoms with Crippen LogP contribution < -0.4 is 9.47 Å². The molecular weight excluding hydrogens is 248 g/mol. The highest BCUT2D eigenvalue weighted by molar-refractivity contribution is 5.75. The molecule has 0 amide bonds. The zero-order valence-electron chi connectivity index (χ0n) is 10.8. The van der Waals surface area contributed by atoms with E-state index in [9.17, 15) is 4.79 Å². The summed E-state index contributed by atoms with van der Waals surface area (Å²) < 4.78 is 15.1. The summed E-state index contributed by atoms with van der Waals surface area (Å²) in [5.41, 5.74) is 1.37. The van der Waals surface area contributed by atoms with Gasteiger partial charge in [0.15, 0.2) is 6.61 Å². The van der Waals surface area contributed by atoms with Gasteiger partial charge in [0.1, 0.15) is 0 Å². The molecule has 0 radical (unpaired) electrons. The molecule has 0 aliphatic rings. The number of ether oxygens (including phenoxy) is 3. The third-order valence-electron chi connectivity index (χ3n) is 2.33. The molecule has 19 heavy (non-hydrogen) atoms. The normalized spacial score (nSPS) is 10.2. The molecule has 0 saturated carbocycles. The van der Waals surface area contributed by atoms with E-state index in [1.54, 1.807) is 13.0 Å². The summed E-state index contributed by atoms with van der Waals surface area (Å²) >= 11 is 0. The molecule has 6 heteroatoms. The molecular formula is C13H14N2O4. The molecule has 2 aromatic rings. The van der Waals surface area contributed by atoms with Crippen molar-refractivity contribution in [1.82, 2.24) is 9.97 Å². The highest BCUT2D eigenvalue weighted by atomic mass is 16.6. The standard InChI is InChI=1S/C13H14N2O4/c1-3-18-11(16)8-19-13-12(17-2)14-9-6-4-5-7-10(9)15-13/h4-7H,3,8H2,1-2H3. The Balaban J connectivity index is 2.23. The molecule has 1 heterocycles. The van der Waals surface area contributed by atoms with Crippen molar-refractivity contribution in [3.63, 3.8) is 0 Å². The number of carbonyl (C=O) groups excluding carboxylic acids is 1. The van der Waals surface area contributed by atoms with Crippen LogP contribution in [0.2, 0.25) is 0 Å². The molecule has 0 N–H and O–H groups in total. The average molecular weight is 262 g/mol. The van der Waals surface area contributed by atoms with E-state index in [0.29, 0.717) is 17.6 Å². The number of hydrogen-bond acceptors (Lipinski definition) is 6. The van der Waals surface area contributed by atoms with Crippen molar-refractivity contribution in [3.8, 4) is 11.8 Å². The van der Waals surface area contributed by atoms with E-state index < -0.39 is 5.97 Å². The lowest BCUT2D eigenvalue weighted by Gasteiger charge is -2.09. The number of nitrogens with zero attached hydrogens (tertiary/aromatic N) is 2. The van der Waals surface area contributed by atoms with Gasteiger partial charge in [-0.3, -0.25) is 0 Å². The lowest BCUT2D eigenvalue weighted by Crippen LogP contribution is -2.15. The van der Waals surface area contributed by atoms with Gasteiger partial charge in [-0.1, -0.05) is 12.1 Å². The molecule has 0 atom stereocenters. The highest BCUT2D eigenvalue weighted by Crippen LogP contribution is 2.24. The first-order valence-corrected chi connectivity index (χ1v) is 5.83. The molecule has 0 aliphatic carbocycles. The minimum atomic E-state index is -0.459. The van der Waals surface area contributed by atoms with Crippen molar-refractivity contribution in [2.75, 3.05) is 20.3 Å². The minimum absolute atomic E-state index is 0.175. The molecule has 0 saturated heterocycles. The fourth-order valence-electron chi connectivity index (χ4n) is 1.52. The Morgan fingerprint density at radius 2 is 1.79 bits per heavy atom. The number of hydrogen-bond donors (Lipinski definition) is 0. The zero-order valence-corrected chi connectivity index (χ0v) is 10.8. The Labute approximate surface area is 110 Å². The first-order chi connectivity index (χ1) is 9.24. The van der Waals surface area contributed by atoms with E-state index in [-0.39, 0.29) is 18.4 Å². The smallest absolute Gasteiger partial charge is 0.344 e. The van der Waals surface area contributed by atoms with E-state index in [0.717, 1.165) is 0 Å². The van der Waals surface area contributed by atoms with Crippen LogP contribution in [0.3, 0.4) is 0 Å². The SMILES string of the molecule is CCOC(=O)COc1nc2ccccc2nc1OC. The number of esters is 1. The van der Waals surface area contributed by atoms with Crippen molar-refractivity contribution in [2.24, 2.45) is 0 Å². The Hall–Kier alpha value is -2.37. The molecule has 1 aromatic carbocycles. The second kappa shape index (κ2) is 5.99. The van der Waals surface area contributed by atoms with Gasteiger partial charge in [0.05, 0.1) is 24.8 Å². The van der Waals surface area contributed by atoms with Crippen LogP contribution in [0.15, 0.2) is 24.3 Å². The summed E-state index contributed by atoms with van der Waals surface area (Å²) in [6.45, 7) is 1.81. The summed E-state index contributed by atoms with van der Waals surface area (Å²) in [5, 5.41) is 0. The van der Waals surface area contributed by atoms with Crippen molar-refractivity contribution in [2.45, 2.75) is 6.92 Å². The topological polar surface area (TPSA) is 70.5 Å². The molecule has 0 spiro atoms. The number of rotatable bonds is 5. The van der Waals surface area contributed by atoms with E-state index >= 15 is 0 Å². The van der Waals surface area contributed by atoms with Crippen LogP contribution in [0.4, 0.5) is 0 Å². The fourth-order valence-corrected chi connectivity index (χ4v) is 1.52. The van der Waals surface area contributed by atoms with Crippen molar-refractivity contribution in [1.29, 1.82) is 0 Å². The first kappa shape index (κ1) is 13.1. The number of benzene rings is 1. The van der Waals surface area contributed by atoms with Gasteiger partial charge in [0.2, 0.25) is 0 Å². The van der Waals surface area contributed by atoms with Gasteiger partial charge in [-0.15, -0.1) is 0 Å². The number of carbonyl (C=O) groups is 1. The third-order valence-corrected chi connectivity index (χ3v) is 2.33. The van der Waals surface area contributed by atoms with Crippen LogP contribution in [-0.2, 0) is 9.53 Å². The van der Waals surface area contributed by atoms with Crippen LogP contribution in [0.25, 0.3) is 11.0 Å². The van der Waals surface area contributed by atoms with Gasteiger partial charge in [-0.2, -0.15) is 0 Å². The van der Waals surface area contributed by atoms with Crippen LogP contribution >= 0.6 is 0 Å². The average Bonchev–Trinajstić information content (AvgIpc) is 2.44. The van der Waals surface area contributed by atoms with Crippen molar-refractivity contribution in [3.05, 3.63) is 24.3 Å². The van der Waals surface area contributed by atoms with Gasteiger partial charge in [0.25, 0.3) is 11.8 Å². The largest absolute Gasteiger partial charge is 0.477 e. The summed E-state index contributed by atoms with van der Waals surface area (Å²) in [5.74, 6) is -0.0447. The Bertz CT molecular complexity index is 586. The van der Waals surface area contributed by atoms with E-state index in [4.69, 9.17) is 14.2 Å². The number of fused-ring (bicyclic) bond motifs is 1. The monoisotopic (exact) mass is 262 g/mol. The summed E-state index contributed by atoms with van der Waals surface area (Å²) in [4.78, 5) is 19.8. The zero-order chi connectivity index (χ0) is 13.7. The fraction of sp³-hybridized carbons (Fsp3) is 0.308. The van der Waals surface area contributed by atoms with Crippen LogP contribution in [-0.4, -0.2) is 36.3 Å². The van der Waals surface area contributed by atoms with Gasteiger partial charge >= 0.3 is 5.97 Å². The van der Waals surface area contributed by atoms with Crippen LogP contribution in [0, 0.1) is 0 Å². The minimum Gasteiger partial charge on any atom is -0.477 e. The van der Waals surface area contributed by atoms with E-state index in [2.05, 4.69) is 9.97 Å². The molecule has 2 rings (SSSR count). The maximum absolute atomic E-state index is 11.2. The summed E-state index contributed by atoms with van der Waals surface area (Å²) in [6, 6.07) is 7.33. The van der Waals surface area contributed by atoms with E-state index in [1.165, 1.54) is 7.11 Å². The summed E-state index contributed by atoms with van der Waals surface area (Å²) in [7, 11) is 1.47. The second-order valence-corrected chi connectivity index (χ2v) is 3.62. The van der Waals surface area contributed by atoms with Crippen LogP contribution in [0.1, 0.15) is 6.92 Å². The molecule has 100 valence electrons. The lowest BCUT2D eigenvalue weighted by atomic mass is 10.3. The van der Waals surface area contributed by atoms with Crippen molar-refractivity contribution < 1.29 is 19.0 Å². The summed E-state index contributed by atoms with van der Waals surface area (Å²) in [6.07, 6.45) is 0. The molecule has 0 fully saturated rings. The maximum Gasteiger partial charge on any atom is 0.344 e. The quantitative estimate of drug-likeness (QED) is 0.762. The lowest BCUT2D eigenvalue weighted by molar-refractivity contribution is -0.145. The van der Waals surface area contributed by atoms with Gasteiger partial charge in [-0.25, -0.2) is 14.8 Å². The number of para-hydroxylation sites is 2. The van der Waals surface area contributed by atoms with Gasteiger partial charge in [0, 0.05) is 0 Å². The number of methoxy groups -OCH3 is 1. The Morgan fingerprint density at radius 1 is 1.16 bits per heavy atom. The Morgan fingerprint density at radius 3 is 2.37 bits per heavy atom.